The number of aromatic nitrogens is 2. The van der Waals surface area contributed by atoms with Crippen molar-refractivity contribution in [3.63, 3.8) is 0 Å². The average Bonchev–Trinajstić information content (AvgIpc) is 2.65. The molecule has 0 unspecified atom stereocenters. The van der Waals surface area contributed by atoms with Crippen molar-refractivity contribution < 1.29 is 14.4 Å². The fraction of sp³-hybridized carbons (Fsp3) is 0.700. The molecular formula is C10H17N3O3. The summed E-state index contributed by atoms with van der Waals surface area (Å²) in [6.45, 7) is 2.37. The maximum absolute atomic E-state index is 11.3. The normalized spacial score (nSPS) is 10.4. The Labute approximate surface area is 94.0 Å². The molecule has 0 spiro atoms. The van der Waals surface area contributed by atoms with Crippen LogP contribution in [0.25, 0.3) is 0 Å². The van der Waals surface area contributed by atoms with Gasteiger partial charge >= 0.3 is 0 Å². The van der Waals surface area contributed by atoms with E-state index in [0.717, 1.165) is 0 Å². The minimum atomic E-state index is -0.00586. The Balaban J connectivity index is 2.08. The van der Waals surface area contributed by atoms with Crippen LogP contribution in [0.3, 0.4) is 0 Å². The van der Waals surface area contributed by atoms with E-state index in [9.17, 15) is 4.79 Å². The molecule has 0 aromatic carbocycles. The van der Waals surface area contributed by atoms with Gasteiger partial charge < -0.3 is 14.9 Å². The zero-order valence-corrected chi connectivity index (χ0v) is 9.40. The first-order chi connectivity index (χ1) is 7.72. The first kappa shape index (κ1) is 12.6. The van der Waals surface area contributed by atoms with E-state index in [1.807, 2.05) is 0 Å². The molecule has 0 radical (unpaired) electrons. The number of carbonyl (C=O) groups excluding carboxylic acids is 1. The minimum Gasteiger partial charge on any atom is -0.396 e. The van der Waals surface area contributed by atoms with Crippen LogP contribution in [-0.4, -0.2) is 34.3 Å². The van der Waals surface area contributed by atoms with E-state index in [1.54, 1.807) is 6.92 Å². The largest absolute Gasteiger partial charge is 0.396 e. The summed E-state index contributed by atoms with van der Waals surface area (Å²) in [5.74, 6) is 1.13. The molecule has 0 aliphatic carbocycles. The number of nitrogens with one attached hydrogen (secondary N) is 1. The highest BCUT2D eigenvalue weighted by Crippen LogP contribution is 1.96. The number of rotatable bonds is 7. The van der Waals surface area contributed by atoms with Crippen LogP contribution in [0.5, 0.6) is 0 Å². The molecule has 6 heteroatoms. The monoisotopic (exact) mass is 227 g/mol. The molecule has 0 saturated carbocycles. The van der Waals surface area contributed by atoms with Gasteiger partial charge in [-0.15, -0.1) is 0 Å². The van der Waals surface area contributed by atoms with Crippen molar-refractivity contribution in [3.8, 4) is 0 Å². The van der Waals surface area contributed by atoms with E-state index in [0.29, 0.717) is 43.9 Å². The van der Waals surface area contributed by atoms with E-state index in [4.69, 9.17) is 9.63 Å². The predicted molar refractivity (Wildman–Crippen MR) is 56.7 cm³/mol. The lowest BCUT2D eigenvalue weighted by Gasteiger charge is -2.02. The molecule has 1 aromatic heterocycles. The van der Waals surface area contributed by atoms with Gasteiger partial charge in [0.25, 0.3) is 0 Å². The summed E-state index contributed by atoms with van der Waals surface area (Å²) < 4.78 is 4.80. The Morgan fingerprint density at radius 2 is 2.31 bits per heavy atom. The summed E-state index contributed by atoms with van der Waals surface area (Å²) in [5, 5.41) is 15.0. The molecule has 0 bridgehead atoms. The summed E-state index contributed by atoms with van der Waals surface area (Å²) >= 11 is 0. The van der Waals surface area contributed by atoms with E-state index < -0.39 is 0 Å². The smallest absolute Gasteiger partial charge is 0.223 e. The van der Waals surface area contributed by atoms with Gasteiger partial charge in [0.05, 0.1) is 0 Å². The van der Waals surface area contributed by atoms with Crippen LogP contribution in [-0.2, 0) is 11.2 Å². The fourth-order valence-electron chi connectivity index (χ4n) is 1.24. The number of aryl methyl sites for hydroxylation is 1. The van der Waals surface area contributed by atoms with E-state index in [2.05, 4.69) is 15.5 Å². The van der Waals surface area contributed by atoms with Crippen LogP contribution in [0.1, 0.15) is 31.0 Å². The molecule has 0 aliphatic heterocycles. The van der Waals surface area contributed by atoms with Crippen molar-refractivity contribution in [2.24, 2.45) is 0 Å². The molecule has 16 heavy (non-hydrogen) atoms. The van der Waals surface area contributed by atoms with Gasteiger partial charge in [0, 0.05) is 32.9 Å². The quantitative estimate of drug-likeness (QED) is 0.649. The third kappa shape index (κ3) is 4.88. The number of nitrogens with zero attached hydrogens (tertiary/aromatic N) is 2. The van der Waals surface area contributed by atoms with Crippen molar-refractivity contribution in [1.29, 1.82) is 0 Å². The van der Waals surface area contributed by atoms with Crippen molar-refractivity contribution in [2.75, 3.05) is 13.2 Å². The van der Waals surface area contributed by atoms with Crippen LogP contribution in [0, 0.1) is 6.92 Å². The number of amides is 1. The van der Waals surface area contributed by atoms with E-state index in [1.165, 1.54) is 0 Å². The number of unbranched alkanes of at least 4 members (excludes halogenated alkanes) is 1. The Bertz CT molecular complexity index is 325. The first-order valence-electron chi connectivity index (χ1n) is 5.39. The van der Waals surface area contributed by atoms with Crippen LogP contribution >= 0.6 is 0 Å². The number of hydrogen-bond donors (Lipinski definition) is 2. The summed E-state index contributed by atoms with van der Waals surface area (Å²) in [4.78, 5) is 15.3. The van der Waals surface area contributed by atoms with Gasteiger partial charge in [-0.2, -0.15) is 4.98 Å². The van der Waals surface area contributed by atoms with Crippen molar-refractivity contribution >= 4 is 5.91 Å². The number of hydrogen-bond acceptors (Lipinski definition) is 5. The van der Waals surface area contributed by atoms with Crippen LogP contribution in [0.4, 0.5) is 0 Å². The lowest BCUT2D eigenvalue weighted by Crippen LogP contribution is -2.25. The highest BCUT2D eigenvalue weighted by Gasteiger charge is 2.03. The summed E-state index contributed by atoms with van der Waals surface area (Å²) in [6, 6.07) is 0. The minimum absolute atomic E-state index is 0.00586. The Hall–Kier alpha value is -1.43. The standard InChI is InChI=1S/C10H17N3O3/c1-8-12-9(13-16-8)5-6-11-10(15)4-2-3-7-14/h14H,2-7H2,1H3,(H,11,15). The molecule has 2 N–H and O–H groups in total. The molecular weight excluding hydrogens is 210 g/mol. The maximum atomic E-state index is 11.3. The van der Waals surface area contributed by atoms with Gasteiger partial charge in [-0.1, -0.05) is 5.16 Å². The molecule has 0 aliphatic rings. The zero-order valence-electron chi connectivity index (χ0n) is 9.40. The van der Waals surface area contributed by atoms with Gasteiger partial charge in [0.15, 0.2) is 5.82 Å². The van der Waals surface area contributed by atoms with Crippen molar-refractivity contribution in [3.05, 3.63) is 11.7 Å². The predicted octanol–water partition coefficient (Wildman–Crippen LogP) is 0.199. The highest BCUT2D eigenvalue weighted by molar-refractivity contribution is 5.75. The average molecular weight is 227 g/mol. The fourth-order valence-corrected chi connectivity index (χ4v) is 1.24. The van der Waals surface area contributed by atoms with Crippen LogP contribution in [0.15, 0.2) is 4.52 Å². The summed E-state index contributed by atoms with van der Waals surface area (Å²) in [7, 11) is 0. The van der Waals surface area contributed by atoms with Crippen molar-refractivity contribution in [2.45, 2.75) is 32.6 Å². The maximum Gasteiger partial charge on any atom is 0.223 e. The van der Waals surface area contributed by atoms with Gasteiger partial charge in [-0.25, -0.2) is 0 Å². The lowest BCUT2D eigenvalue weighted by atomic mass is 10.2. The molecule has 1 heterocycles. The third-order valence-electron chi connectivity index (χ3n) is 2.05. The second kappa shape index (κ2) is 6.95. The Morgan fingerprint density at radius 3 is 2.94 bits per heavy atom. The number of aliphatic hydroxyl groups is 1. The Kier molecular flexibility index (Phi) is 5.49. The highest BCUT2D eigenvalue weighted by atomic mass is 16.5. The summed E-state index contributed by atoms with van der Waals surface area (Å²) in [5.41, 5.74) is 0. The van der Waals surface area contributed by atoms with Gasteiger partial charge in [-0.3, -0.25) is 4.79 Å². The van der Waals surface area contributed by atoms with Gasteiger partial charge in [0.2, 0.25) is 11.8 Å². The lowest BCUT2D eigenvalue weighted by molar-refractivity contribution is -0.121. The molecule has 6 nitrogen and oxygen atoms in total. The molecule has 0 saturated heterocycles. The molecule has 1 amide bonds. The van der Waals surface area contributed by atoms with Crippen LogP contribution in [0.2, 0.25) is 0 Å². The van der Waals surface area contributed by atoms with Gasteiger partial charge in [0.1, 0.15) is 0 Å². The topological polar surface area (TPSA) is 88.2 Å². The zero-order chi connectivity index (χ0) is 11.8. The molecule has 1 rings (SSSR count). The molecule has 0 atom stereocenters. The van der Waals surface area contributed by atoms with Gasteiger partial charge in [-0.05, 0) is 12.8 Å². The summed E-state index contributed by atoms with van der Waals surface area (Å²) in [6.07, 6.45) is 2.40. The van der Waals surface area contributed by atoms with Crippen LogP contribution < -0.4 is 5.32 Å². The Morgan fingerprint density at radius 1 is 1.50 bits per heavy atom. The number of carbonyl (C=O) groups is 1. The van der Waals surface area contributed by atoms with Crippen molar-refractivity contribution in [1.82, 2.24) is 15.5 Å². The third-order valence-corrected chi connectivity index (χ3v) is 2.05. The molecule has 1 aromatic rings. The molecule has 90 valence electrons. The van der Waals surface area contributed by atoms with E-state index >= 15 is 0 Å². The SMILES string of the molecule is Cc1nc(CCNC(=O)CCCCO)no1. The second-order valence-electron chi connectivity index (χ2n) is 3.51. The van der Waals surface area contributed by atoms with E-state index in [-0.39, 0.29) is 12.5 Å². The second-order valence-corrected chi connectivity index (χ2v) is 3.51. The molecule has 0 fully saturated rings. The number of aliphatic hydroxyl groups excluding tert-OH is 1. The first-order valence-corrected chi connectivity index (χ1v) is 5.39.